The van der Waals surface area contributed by atoms with Crippen LogP contribution in [0.25, 0.3) is 22.3 Å². The van der Waals surface area contributed by atoms with Crippen molar-refractivity contribution >= 4 is 28.4 Å². The number of nitrogens with one attached hydrogen (secondary N) is 3. The van der Waals surface area contributed by atoms with Gasteiger partial charge < -0.3 is 15.6 Å². The minimum Gasteiger partial charge on any atom is -0.351 e. The average Bonchev–Trinajstić information content (AvgIpc) is 3.18. The zero-order chi connectivity index (χ0) is 23.2. The molecule has 7 nitrogen and oxygen atoms in total. The largest absolute Gasteiger partial charge is 0.351 e. The molecule has 9 heteroatoms. The molecule has 0 saturated heterocycles. The third-order valence-corrected chi connectivity index (χ3v) is 6.34. The van der Waals surface area contributed by atoms with Crippen molar-refractivity contribution in [1.82, 2.24) is 25.3 Å². The van der Waals surface area contributed by atoms with Crippen molar-refractivity contribution in [3.05, 3.63) is 30.2 Å². The van der Waals surface area contributed by atoms with Crippen LogP contribution in [0.4, 0.5) is 20.4 Å². The Balaban J connectivity index is 1.41. The Morgan fingerprint density at radius 1 is 1.15 bits per heavy atom. The van der Waals surface area contributed by atoms with Crippen LogP contribution in [0.5, 0.6) is 0 Å². The summed E-state index contributed by atoms with van der Waals surface area (Å²) in [6.07, 6.45) is 5.12. The number of aromatic amines is 1. The van der Waals surface area contributed by atoms with Crippen LogP contribution in [0, 0.1) is 0 Å². The highest BCUT2D eigenvalue weighted by molar-refractivity contribution is 5.93. The molecular formula is C24H29F2N7. The van der Waals surface area contributed by atoms with Gasteiger partial charge in [-0.1, -0.05) is 13.8 Å². The van der Waals surface area contributed by atoms with Gasteiger partial charge in [0.2, 0.25) is 11.9 Å². The normalized spacial score (nSPS) is 20.7. The maximum absolute atomic E-state index is 13.4. The smallest absolute Gasteiger partial charge is 0.248 e. The fourth-order valence-electron chi connectivity index (χ4n) is 4.71. The number of anilines is 1. The summed E-state index contributed by atoms with van der Waals surface area (Å²) < 4.78 is 26.8. The van der Waals surface area contributed by atoms with Crippen LogP contribution in [-0.4, -0.2) is 43.7 Å². The number of nitrogens with zero attached hydrogens (tertiary/aromatic N) is 4. The number of hydrogen-bond donors (Lipinski definition) is 3. The highest BCUT2D eigenvalue weighted by atomic mass is 19.3. The second kappa shape index (κ2) is 8.44. The molecule has 1 aliphatic heterocycles. The molecule has 1 unspecified atom stereocenters. The van der Waals surface area contributed by atoms with Crippen LogP contribution in [0.2, 0.25) is 0 Å². The number of alkyl halides is 2. The summed E-state index contributed by atoms with van der Waals surface area (Å²) in [7, 11) is 0. The number of H-pyrrole nitrogens is 1. The second-order valence-corrected chi connectivity index (χ2v) is 9.46. The molecule has 2 aliphatic rings. The number of halogens is 2. The van der Waals surface area contributed by atoms with E-state index in [1.807, 2.05) is 25.3 Å². The summed E-state index contributed by atoms with van der Waals surface area (Å²) in [5.74, 6) is -2.09. The fraction of sp³-hybridized carbons (Fsp3) is 0.500. The second-order valence-electron chi connectivity index (χ2n) is 9.46. The Morgan fingerprint density at radius 2 is 1.94 bits per heavy atom. The Labute approximate surface area is 191 Å². The maximum atomic E-state index is 13.4. The molecule has 3 N–H and O–H groups in total. The summed E-state index contributed by atoms with van der Waals surface area (Å²) in [6, 6.07) is 4.42. The van der Waals surface area contributed by atoms with E-state index in [1.165, 1.54) is 0 Å². The monoisotopic (exact) mass is 453 g/mol. The molecule has 4 heterocycles. The number of hydrogen-bond acceptors (Lipinski definition) is 6. The van der Waals surface area contributed by atoms with Gasteiger partial charge in [-0.25, -0.2) is 18.7 Å². The number of aliphatic imine (C=N–C) groups is 1. The molecule has 33 heavy (non-hydrogen) atoms. The predicted molar refractivity (Wildman–Crippen MR) is 126 cm³/mol. The van der Waals surface area contributed by atoms with Crippen molar-refractivity contribution in [1.29, 1.82) is 0 Å². The van der Waals surface area contributed by atoms with Crippen LogP contribution in [0.1, 0.15) is 64.6 Å². The first-order valence-electron chi connectivity index (χ1n) is 11.6. The Bertz CT molecular complexity index is 1190. The lowest BCUT2D eigenvalue weighted by Crippen LogP contribution is -2.32. The fourth-order valence-corrected chi connectivity index (χ4v) is 4.71. The van der Waals surface area contributed by atoms with E-state index in [1.54, 1.807) is 6.20 Å². The standard InChI is InChI=1S/C24H29F2N7/c1-13(2)29-20-10-14(3)30-19-5-4-18(32-21(19)20)16-11-27-22-17(16)12-28-23(33-22)31-15-6-8-24(25,26)9-7-15/h4-5,11-13,15,20,29H,6-10H2,1-3H3,(H2,27,28,31,33). The van der Waals surface area contributed by atoms with Gasteiger partial charge in [0.1, 0.15) is 5.65 Å². The molecule has 5 rings (SSSR count). The van der Waals surface area contributed by atoms with E-state index >= 15 is 0 Å². The van der Waals surface area contributed by atoms with Gasteiger partial charge in [0, 0.05) is 60.4 Å². The lowest BCUT2D eigenvalue weighted by Gasteiger charge is -2.28. The third-order valence-electron chi connectivity index (χ3n) is 6.34. The van der Waals surface area contributed by atoms with E-state index in [0.29, 0.717) is 30.5 Å². The van der Waals surface area contributed by atoms with Crippen LogP contribution < -0.4 is 10.6 Å². The predicted octanol–water partition coefficient (Wildman–Crippen LogP) is 5.54. The molecule has 1 fully saturated rings. The zero-order valence-electron chi connectivity index (χ0n) is 19.1. The van der Waals surface area contributed by atoms with E-state index in [4.69, 9.17) is 9.98 Å². The summed E-state index contributed by atoms with van der Waals surface area (Å²) >= 11 is 0. The molecule has 1 saturated carbocycles. The van der Waals surface area contributed by atoms with Crippen LogP contribution in [0.3, 0.4) is 0 Å². The molecule has 0 radical (unpaired) electrons. The molecule has 3 aromatic rings. The van der Waals surface area contributed by atoms with Gasteiger partial charge in [0.25, 0.3) is 0 Å². The summed E-state index contributed by atoms with van der Waals surface area (Å²) in [5, 5.41) is 7.68. The van der Waals surface area contributed by atoms with E-state index in [2.05, 4.69) is 39.4 Å². The van der Waals surface area contributed by atoms with Crippen molar-refractivity contribution in [2.75, 3.05) is 5.32 Å². The molecule has 1 atom stereocenters. The van der Waals surface area contributed by atoms with Crippen molar-refractivity contribution in [3.8, 4) is 11.3 Å². The Morgan fingerprint density at radius 3 is 2.70 bits per heavy atom. The molecule has 174 valence electrons. The van der Waals surface area contributed by atoms with Crippen molar-refractivity contribution in [3.63, 3.8) is 0 Å². The lowest BCUT2D eigenvalue weighted by molar-refractivity contribution is -0.0361. The van der Waals surface area contributed by atoms with Crippen LogP contribution in [0.15, 0.2) is 29.5 Å². The highest BCUT2D eigenvalue weighted by Gasteiger charge is 2.35. The van der Waals surface area contributed by atoms with Crippen molar-refractivity contribution in [2.45, 2.75) is 76.9 Å². The molecular weight excluding hydrogens is 424 g/mol. The van der Waals surface area contributed by atoms with E-state index in [-0.39, 0.29) is 24.9 Å². The third kappa shape index (κ3) is 4.59. The molecule has 0 bridgehead atoms. The first-order valence-corrected chi connectivity index (χ1v) is 11.6. The molecule has 0 aromatic carbocycles. The summed E-state index contributed by atoms with van der Waals surface area (Å²) in [4.78, 5) is 21.9. The van der Waals surface area contributed by atoms with Gasteiger partial charge in [-0.15, -0.1) is 0 Å². The quantitative estimate of drug-likeness (QED) is 0.472. The first-order chi connectivity index (χ1) is 15.8. The average molecular weight is 454 g/mol. The Hall–Kier alpha value is -2.94. The van der Waals surface area contributed by atoms with Crippen molar-refractivity contribution in [2.24, 2.45) is 4.99 Å². The highest BCUT2D eigenvalue weighted by Crippen LogP contribution is 2.36. The van der Waals surface area contributed by atoms with Gasteiger partial charge in [-0.05, 0) is 31.9 Å². The minimum atomic E-state index is -2.55. The molecule has 0 amide bonds. The topological polar surface area (TPSA) is 90.9 Å². The van der Waals surface area contributed by atoms with Gasteiger partial charge in [0.15, 0.2) is 0 Å². The van der Waals surface area contributed by atoms with Gasteiger partial charge in [-0.3, -0.25) is 4.99 Å². The van der Waals surface area contributed by atoms with E-state index < -0.39 is 5.92 Å². The SMILES string of the molecule is CC1=Nc2ccc(-c3c[nH]c4nc(NC5CCC(F)(F)CC5)ncc34)nc2C(NC(C)C)C1. The zero-order valence-corrected chi connectivity index (χ0v) is 19.1. The number of rotatable bonds is 5. The maximum Gasteiger partial charge on any atom is 0.248 e. The van der Waals surface area contributed by atoms with Crippen LogP contribution in [-0.2, 0) is 0 Å². The number of aromatic nitrogens is 4. The number of fused-ring (bicyclic) bond motifs is 2. The van der Waals surface area contributed by atoms with Gasteiger partial charge >= 0.3 is 0 Å². The van der Waals surface area contributed by atoms with E-state index in [0.717, 1.165) is 40.2 Å². The number of pyridine rings is 1. The first kappa shape index (κ1) is 21.9. The Kier molecular flexibility index (Phi) is 5.60. The van der Waals surface area contributed by atoms with Crippen molar-refractivity contribution < 1.29 is 8.78 Å². The van der Waals surface area contributed by atoms with E-state index in [9.17, 15) is 8.78 Å². The summed E-state index contributed by atoms with van der Waals surface area (Å²) in [6.45, 7) is 6.31. The molecule has 1 aliphatic carbocycles. The molecule has 3 aromatic heterocycles. The van der Waals surface area contributed by atoms with Crippen LogP contribution >= 0.6 is 0 Å². The summed E-state index contributed by atoms with van der Waals surface area (Å²) in [5.41, 5.74) is 5.40. The minimum absolute atomic E-state index is 0.0341. The molecule has 0 spiro atoms. The van der Waals surface area contributed by atoms with Gasteiger partial charge in [0.05, 0.1) is 23.1 Å². The lowest BCUT2D eigenvalue weighted by atomic mass is 9.92. The van der Waals surface area contributed by atoms with Gasteiger partial charge in [-0.2, -0.15) is 4.98 Å².